The summed E-state index contributed by atoms with van der Waals surface area (Å²) in [6.07, 6.45) is 5.64. The molecule has 1 atom stereocenters. The minimum atomic E-state index is 0.0748. The highest BCUT2D eigenvalue weighted by atomic mass is 16.7. The first-order valence-corrected chi connectivity index (χ1v) is 5.35. The molecule has 1 aliphatic heterocycles. The van der Waals surface area contributed by atoms with Crippen molar-refractivity contribution in [3.63, 3.8) is 0 Å². The molecule has 0 spiro atoms. The Morgan fingerprint density at radius 1 is 1.38 bits per heavy atom. The molecule has 0 aromatic heterocycles. The number of hydrogen-bond acceptors (Lipinski definition) is 2. The van der Waals surface area contributed by atoms with Crippen molar-refractivity contribution in [1.82, 2.24) is 0 Å². The van der Waals surface area contributed by atoms with Gasteiger partial charge in [-0.2, -0.15) is 0 Å². The van der Waals surface area contributed by atoms with E-state index in [2.05, 4.69) is 13.8 Å². The van der Waals surface area contributed by atoms with Crippen molar-refractivity contribution in [2.75, 3.05) is 13.2 Å². The average molecular weight is 185 g/mol. The fraction of sp³-hybridized carbons (Fsp3) is 0.909. The largest absolute Gasteiger partial charge is 0.353 e. The second-order valence-electron chi connectivity index (χ2n) is 3.85. The third-order valence-electron chi connectivity index (χ3n) is 2.53. The maximum Gasteiger partial charge on any atom is 0.157 e. The van der Waals surface area contributed by atoms with Gasteiger partial charge in [0.15, 0.2) is 6.29 Å². The van der Waals surface area contributed by atoms with Crippen molar-refractivity contribution in [1.29, 1.82) is 0 Å². The second kappa shape index (κ2) is 6.39. The van der Waals surface area contributed by atoms with E-state index >= 15 is 0 Å². The summed E-state index contributed by atoms with van der Waals surface area (Å²) in [5.74, 6) is 0.739. The summed E-state index contributed by atoms with van der Waals surface area (Å²) in [6.45, 7) is 7.88. The van der Waals surface area contributed by atoms with E-state index in [4.69, 9.17) is 9.47 Å². The molecular weight excluding hydrogens is 164 g/mol. The fourth-order valence-corrected chi connectivity index (χ4v) is 1.48. The zero-order chi connectivity index (χ0) is 9.52. The minimum absolute atomic E-state index is 0.0748. The molecule has 2 heteroatoms. The lowest BCUT2D eigenvalue weighted by molar-refractivity contribution is -0.181. The van der Waals surface area contributed by atoms with Crippen molar-refractivity contribution in [3.8, 4) is 0 Å². The monoisotopic (exact) mass is 185 g/mol. The van der Waals surface area contributed by atoms with Crippen LogP contribution < -0.4 is 0 Å². The van der Waals surface area contributed by atoms with Gasteiger partial charge in [0.25, 0.3) is 0 Å². The molecule has 1 unspecified atom stereocenters. The van der Waals surface area contributed by atoms with E-state index in [9.17, 15) is 0 Å². The molecule has 13 heavy (non-hydrogen) atoms. The van der Waals surface area contributed by atoms with Gasteiger partial charge in [0.2, 0.25) is 0 Å². The molecule has 1 rings (SSSR count). The predicted octanol–water partition coefficient (Wildman–Crippen LogP) is 2.78. The first-order valence-electron chi connectivity index (χ1n) is 5.35. The summed E-state index contributed by atoms with van der Waals surface area (Å²) in [5, 5.41) is 0. The first kappa shape index (κ1) is 11.0. The minimum Gasteiger partial charge on any atom is -0.353 e. The third-order valence-corrected chi connectivity index (χ3v) is 2.53. The van der Waals surface area contributed by atoms with Crippen LogP contribution in [0.25, 0.3) is 0 Å². The van der Waals surface area contributed by atoms with Crippen LogP contribution >= 0.6 is 0 Å². The molecule has 0 bridgehead atoms. The van der Waals surface area contributed by atoms with E-state index in [1.54, 1.807) is 0 Å². The maximum absolute atomic E-state index is 5.46. The van der Waals surface area contributed by atoms with E-state index in [-0.39, 0.29) is 6.29 Å². The van der Waals surface area contributed by atoms with E-state index in [0.717, 1.165) is 38.4 Å². The Morgan fingerprint density at radius 2 is 2.08 bits per heavy atom. The molecule has 2 nitrogen and oxygen atoms in total. The second-order valence-corrected chi connectivity index (χ2v) is 3.85. The Bertz CT molecular complexity index is 119. The standard InChI is InChI=1S/C11H21O2/c1-3-10(2)6-4-7-11-12-8-5-9-13-11/h10-11H,1,3-9H2,2H3. The molecule has 1 fully saturated rings. The van der Waals surface area contributed by atoms with Crippen LogP contribution in [-0.2, 0) is 9.47 Å². The molecule has 1 saturated heterocycles. The van der Waals surface area contributed by atoms with Crippen LogP contribution in [0.3, 0.4) is 0 Å². The first-order chi connectivity index (χ1) is 6.33. The topological polar surface area (TPSA) is 18.5 Å². The molecule has 0 saturated carbocycles. The smallest absolute Gasteiger partial charge is 0.157 e. The summed E-state index contributed by atoms with van der Waals surface area (Å²) in [6, 6.07) is 0. The van der Waals surface area contributed by atoms with Crippen LogP contribution in [0.1, 0.15) is 39.0 Å². The summed E-state index contributed by atoms with van der Waals surface area (Å²) in [7, 11) is 0. The zero-order valence-corrected chi connectivity index (χ0v) is 8.63. The van der Waals surface area contributed by atoms with Gasteiger partial charge < -0.3 is 9.47 Å². The molecule has 77 valence electrons. The number of ether oxygens (including phenoxy) is 2. The van der Waals surface area contributed by atoms with Crippen LogP contribution in [-0.4, -0.2) is 19.5 Å². The van der Waals surface area contributed by atoms with Gasteiger partial charge in [0.1, 0.15) is 0 Å². The molecule has 0 aromatic rings. The molecule has 0 amide bonds. The van der Waals surface area contributed by atoms with Gasteiger partial charge in [-0.25, -0.2) is 0 Å². The van der Waals surface area contributed by atoms with Crippen LogP contribution in [0.4, 0.5) is 0 Å². The molecular formula is C11H21O2. The van der Waals surface area contributed by atoms with Crippen LogP contribution in [0.2, 0.25) is 0 Å². The summed E-state index contributed by atoms with van der Waals surface area (Å²) >= 11 is 0. The fourth-order valence-electron chi connectivity index (χ4n) is 1.48. The molecule has 0 aromatic carbocycles. The van der Waals surface area contributed by atoms with E-state index in [1.807, 2.05) is 0 Å². The van der Waals surface area contributed by atoms with Crippen molar-refractivity contribution < 1.29 is 9.47 Å². The van der Waals surface area contributed by atoms with Crippen LogP contribution in [0, 0.1) is 12.8 Å². The van der Waals surface area contributed by atoms with Crippen LogP contribution in [0.15, 0.2) is 0 Å². The SMILES string of the molecule is [CH2]CC(C)CCCC1OCCCO1. The lowest BCUT2D eigenvalue weighted by atomic mass is 10.0. The van der Waals surface area contributed by atoms with Gasteiger partial charge in [-0.3, -0.25) is 0 Å². The van der Waals surface area contributed by atoms with E-state index in [1.165, 1.54) is 12.8 Å². The Hall–Kier alpha value is -0.0800. The van der Waals surface area contributed by atoms with Crippen molar-refractivity contribution in [3.05, 3.63) is 6.92 Å². The van der Waals surface area contributed by atoms with Gasteiger partial charge in [0.05, 0.1) is 13.2 Å². The number of rotatable bonds is 5. The van der Waals surface area contributed by atoms with Crippen molar-refractivity contribution >= 4 is 0 Å². The Balaban J connectivity index is 1.98. The van der Waals surface area contributed by atoms with Gasteiger partial charge in [0, 0.05) is 0 Å². The predicted molar refractivity (Wildman–Crippen MR) is 53.3 cm³/mol. The summed E-state index contributed by atoms with van der Waals surface area (Å²) in [4.78, 5) is 0. The van der Waals surface area contributed by atoms with E-state index < -0.39 is 0 Å². The summed E-state index contributed by atoms with van der Waals surface area (Å²) < 4.78 is 10.9. The van der Waals surface area contributed by atoms with Crippen LogP contribution in [0.5, 0.6) is 0 Å². The molecule has 1 aliphatic rings. The highest BCUT2D eigenvalue weighted by Crippen LogP contribution is 2.16. The lowest BCUT2D eigenvalue weighted by Crippen LogP contribution is -2.24. The molecule has 1 heterocycles. The normalized spacial score (nSPS) is 21.7. The highest BCUT2D eigenvalue weighted by Gasteiger charge is 2.13. The van der Waals surface area contributed by atoms with Crippen molar-refractivity contribution in [2.45, 2.75) is 45.3 Å². The highest BCUT2D eigenvalue weighted by molar-refractivity contribution is 4.57. The number of hydrogen-bond donors (Lipinski definition) is 0. The molecule has 0 aliphatic carbocycles. The van der Waals surface area contributed by atoms with Gasteiger partial charge >= 0.3 is 0 Å². The van der Waals surface area contributed by atoms with Gasteiger partial charge in [-0.1, -0.05) is 26.7 Å². The average Bonchev–Trinajstić information content (AvgIpc) is 2.19. The summed E-state index contributed by atoms with van der Waals surface area (Å²) in [5.41, 5.74) is 0. The van der Waals surface area contributed by atoms with Gasteiger partial charge in [-0.15, -0.1) is 0 Å². The maximum atomic E-state index is 5.46. The third kappa shape index (κ3) is 4.63. The molecule has 0 N–H and O–H groups in total. The Labute approximate surface area is 81.6 Å². The zero-order valence-electron chi connectivity index (χ0n) is 8.63. The van der Waals surface area contributed by atoms with Gasteiger partial charge in [-0.05, 0) is 25.2 Å². The Kier molecular flexibility index (Phi) is 5.40. The lowest BCUT2D eigenvalue weighted by Gasteiger charge is -2.23. The van der Waals surface area contributed by atoms with Crippen molar-refractivity contribution in [2.24, 2.45) is 5.92 Å². The Morgan fingerprint density at radius 3 is 2.69 bits per heavy atom. The quantitative estimate of drug-likeness (QED) is 0.655. The molecule has 1 radical (unpaired) electrons. The van der Waals surface area contributed by atoms with E-state index in [0.29, 0.717) is 0 Å².